The van der Waals surface area contributed by atoms with E-state index in [0.29, 0.717) is 5.82 Å². The average molecular weight is 357 g/mol. The molecule has 0 aliphatic carbocycles. The smallest absolute Gasteiger partial charge is 0.254 e. The van der Waals surface area contributed by atoms with Crippen LogP contribution in [0.3, 0.4) is 0 Å². The van der Waals surface area contributed by atoms with Crippen molar-refractivity contribution in [2.75, 3.05) is 43.4 Å². The number of anilines is 2. The topological polar surface area (TPSA) is 113 Å². The molecule has 2 aromatic rings. The second-order valence-electron chi connectivity index (χ2n) is 6.86. The molecule has 4 heterocycles. The van der Waals surface area contributed by atoms with Gasteiger partial charge in [-0.1, -0.05) is 0 Å². The first-order valence-electron chi connectivity index (χ1n) is 8.83. The van der Waals surface area contributed by atoms with E-state index in [1.54, 1.807) is 0 Å². The van der Waals surface area contributed by atoms with Crippen LogP contribution in [0.1, 0.15) is 17.1 Å². The van der Waals surface area contributed by atoms with Gasteiger partial charge in [0, 0.05) is 56.5 Å². The van der Waals surface area contributed by atoms with Crippen LogP contribution < -0.4 is 20.9 Å². The molecule has 2 aromatic heterocycles. The van der Waals surface area contributed by atoms with Gasteiger partial charge in [-0.15, -0.1) is 0 Å². The summed E-state index contributed by atoms with van der Waals surface area (Å²) >= 11 is 0. The van der Waals surface area contributed by atoms with Crippen LogP contribution in [0.15, 0.2) is 10.9 Å². The number of aromatic nitrogens is 4. The van der Waals surface area contributed by atoms with Crippen molar-refractivity contribution in [3.05, 3.63) is 33.5 Å². The van der Waals surface area contributed by atoms with Crippen LogP contribution in [0.4, 0.5) is 11.8 Å². The standard InChI is InChI=1S/C17H23N7O2/c1-10-13-7-12(26-16(13)20-11(2)19-10)9-23-3-5-24(6-4-23)14-8-15(25)22-17(18)21-14/h8,12H,3-7,9H2,1-2H3,(H3,18,21,22,25). The van der Waals surface area contributed by atoms with E-state index in [4.69, 9.17) is 10.5 Å². The van der Waals surface area contributed by atoms with Gasteiger partial charge >= 0.3 is 0 Å². The Hall–Kier alpha value is -2.68. The van der Waals surface area contributed by atoms with Crippen molar-refractivity contribution in [3.63, 3.8) is 0 Å². The molecule has 1 fully saturated rings. The minimum absolute atomic E-state index is 0.111. The van der Waals surface area contributed by atoms with Gasteiger partial charge < -0.3 is 15.4 Å². The van der Waals surface area contributed by atoms with Crippen molar-refractivity contribution < 1.29 is 4.74 Å². The lowest BCUT2D eigenvalue weighted by atomic mass is 10.1. The molecule has 9 nitrogen and oxygen atoms in total. The molecule has 0 saturated carbocycles. The molecule has 0 bridgehead atoms. The Labute approximate surface area is 151 Å². The molecule has 1 saturated heterocycles. The number of nitrogens with one attached hydrogen (secondary N) is 1. The number of rotatable bonds is 3. The van der Waals surface area contributed by atoms with Gasteiger partial charge in [-0.2, -0.15) is 9.97 Å². The molecule has 1 atom stereocenters. The monoisotopic (exact) mass is 357 g/mol. The van der Waals surface area contributed by atoms with Gasteiger partial charge in [-0.05, 0) is 13.8 Å². The summed E-state index contributed by atoms with van der Waals surface area (Å²) in [6, 6.07) is 1.49. The van der Waals surface area contributed by atoms with Crippen molar-refractivity contribution in [2.24, 2.45) is 0 Å². The highest BCUT2D eigenvalue weighted by molar-refractivity contribution is 5.41. The first-order valence-corrected chi connectivity index (χ1v) is 8.83. The van der Waals surface area contributed by atoms with Gasteiger partial charge in [0.05, 0.1) is 0 Å². The predicted molar refractivity (Wildman–Crippen MR) is 97.5 cm³/mol. The number of ether oxygens (including phenoxy) is 1. The van der Waals surface area contributed by atoms with E-state index in [2.05, 4.69) is 29.7 Å². The minimum Gasteiger partial charge on any atom is -0.472 e. The van der Waals surface area contributed by atoms with E-state index in [1.807, 2.05) is 13.8 Å². The van der Waals surface area contributed by atoms with Crippen molar-refractivity contribution in [1.82, 2.24) is 24.8 Å². The summed E-state index contributed by atoms with van der Waals surface area (Å²) in [6.45, 7) is 8.12. The van der Waals surface area contributed by atoms with Crippen molar-refractivity contribution in [1.29, 1.82) is 0 Å². The summed E-state index contributed by atoms with van der Waals surface area (Å²) in [5.41, 5.74) is 7.55. The fourth-order valence-corrected chi connectivity index (χ4v) is 3.64. The van der Waals surface area contributed by atoms with E-state index < -0.39 is 0 Å². The normalized spacial score (nSPS) is 20.1. The number of aryl methyl sites for hydroxylation is 2. The van der Waals surface area contributed by atoms with Crippen LogP contribution in [0, 0.1) is 13.8 Å². The molecule has 2 aliphatic rings. The van der Waals surface area contributed by atoms with Gasteiger partial charge in [-0.25, -0.2) is 4.98 Å². The van der Waals surface area contributed by atoms with Crippen LogP contribution in [-0.4, -0.2) is 63.7 Å². The molecule has 0 aromatic carbocycles. The maximum atomic E-state index is 11.6. The first-order chi connectivity index (χ1) is 12.5. The van der Waals surface area contributed by atoms with E-state index in [-0.39, 0.29) is 17.6 Å². The number of fused-ring (bicyclic) bond motifs is 1. The second-order valence-corrected chi connectivity index (χ2v) is 6.86. The van der Waals surface area contributed by atoms with Gasteiger partial charge in [0.1, 0.15) is 17.7 Å². The third kappa shape index (κ3) is 3.34. The van der Waals surface area contributed by atoms with Crippen molar-refractivity contribution in [3.8, 4) is 5.88 Å². The van der Waals surface area contributed by atoms with Crippen molar-refractivity contribution in [2.45, 2.75) is 26.4 Å². The summed E-state index contributed by atoms with van der Waals surface area (Å²) < 4.78 is 6.03. The predicted octanol–water partition coefficient (Wildman–Crippen LogP) is -0.115. The summed E-state index contributed by atoms with van der Waals surface area (Å²) in [4.78, 5) is 31.6. The summed E-state index contributed by atoms with van der Waals surface area (Å²) in [5.74, 6) is 2.28. The fourth-order valence-electron chi connectivity index (χ4n) is 3.64. The minimum atomic E-state index is -0.223. The average Bonchev–Trinajstić information content (AvgIpc) is 2.97. The third-order valence-corrected chi connectivity index (χ3v) is 4.90. The number of nitrogen functional groups attached to an aromatic ring is 1. The highest BCUT2D eigenvalue weighted by Crippen LogP contribution is 2.29. The van der Waals surface area contributed by atoms with E-state index >= 15 is 0 Å². The van der Waals surface area contributed by atoms with Crippen molar-refractivity contribution >= 4 is 11.8 Å². The highest BCUT2D eigenvalue weighted by atomic mass is 16.5. The van der Waals surface area contributed by atoms with Crippen LogP contribution in [0.5, 0.6) is 5.88 Å². The zero-order valence-electron chi connectivity index (χ0n) is 15.0. The number of H-pyrrole nitrogens is 1. The molecule has 138 valence electrons. The Morgan fingerprint density at radius 3 is 2.73 bits per heavy atom. The Kier molecular flexibility index (Phi) is 4.23. The number of nitrogens with two attached hydrogens (primary N) is 1. The lowest BCUT2D eigenvalue weighted by Crippen LogP contribution is -2.49. The quantitative estimate of drug-likeness (QED) is 0.782. The third-order valence-electron chi connectivity index (χ3n) is 4.90. The maximum Gasteiger partial charge on any atom is 0.254 e. The maximum absolute atomic E-state index is 11.6. The van der Waals surface area contributed by atoms with Crippen LogP contribution in [0.25, 0.3) is 0 Å². The summed E-state index contributed by atoms with van der Waals surface area (Å²) in [5, 5.41) is 0. The zero-order valence-corrected chi connectivity index (χ0v) is 15.0. The SMILES string of the molecule is Cc1nc(C)c2c(n1)OC(CN1CCN(c3cc(=O)[nH]c(N)n3)CC1)C2. The largest absolute Gasteiger partial charge is 0.472 e. The molecule has 3 N–H and O–H groups in total. The highest BCUT2D eigenvalue weighted by Gasteiger charge is 2.29. The van der Waals surface area contributed by atoms with Crippen LogP contribution in [0.2, 0.25) is 0 Å². The van der Waals surface area contributed by atoms with Gasteiger partial charge in [-0.3, -0.25) is 14.7 Å². The summed E-state index contributed by atoms with van der Waals surface area (Å²) in [7, 11) is 0. The lowest BCUT2D eigenvalue weighted by Gasteiger charge is -2.36. The number of nitrogens with zero attached hydrogens (tertiary/aromatic N) is 5. The molecule has 4 rings (SSSR count). The zero-order chi connectivity index (χ0) is 18.3. The van der Waals surface area contributed by atoms with Crippen LogP contribution in [-0.2, 0) is 6.42 Å². The molecule has 1 unspecified atom stereocenters. The van der Waals surface area contributed by atoms with Gasteiger partial charge in [0.2, 0.25) is 11.8 Å². The molecule has 0 radical (unpaired) electrons. The Bertz CT molecular complexity index is 874. The molecular formula is C17H23N7O2. The van der Waals surface area contributed by atoms with Gasteiger partial charge in [0.25, 0.3) is 5.56 Å². The van der Waals surface area contributed by atoms with E-state index in [9.17, 15) is 4.79 Å². The lowest BCUT2D eigenvalue weighted by molar-refractivity contribution is 0.141. The van der Waals surface area contributed by atoms with Gasteiger partial charge in [0.15, 0.2) is 0 Å². The molecule has 2 aliphatic heterocycles. The van der Waals surface area contributed by atoms with E-state index in [1.165, 1.54) is 6.07 Å². The second kappa shape index (κ2) is 6.56. The number of hydrogen-bond donors (Lipinski definition) is 2. The Morgan fingerprint density at radius 2 is 2.00 bits per heavy atom. The first kappa shape index (κ1) is 16.8. The molecule has 0 spiro atoms. The number of hydrogen-bond acceptors (Lipinski definition) is 8. The van der Waals surface area contributed by atoms with E-state index in [0.717, 1.165) is 62.1 Å². The summed E-state index contributed by atoms with van der Waals surface area (Å²) in [6.07, 6.45) is 0.966. The molecule has 26 heavy (non-hydrogen) atoms. The number of aromatic amines is 1. The number of piperazine rings is 1. The Morgan fingerprint density at radius 1 is 1.23 bits per heavy atom. The molecule has 9 heteroatoms. The molecule has 0 amide bonds. The fraction of sp³-hybridized carbons (Fsp3) is 0.529. The van der Waals surface area contributed by atoms with Crippen LogP contribution >= 0.6 is 0 Å². The Balaban J connectivity index is 1.35. The molecular weight excluding hydrogens is 334 g/mol.